The van der Waals surface area contributed by atoms with Crippen molar-refractivity contribution in [1.29, 1.82) is 0 Å². The molecule has 0 bridgehead atoms. The highest BCUT2D eigenvalue weighted by atomic mass is 32.1. The van der Waals surface area contributed by atoms with Crippen LogP contribution in [0.3, 0.4) is 0 Å². The molecule has 1 amide bonds. The zero-order valence-electron chi connectivity index (χ0n) is 11.3. The third-order valence-corrected chi connectivity index (χ3v) is 4.90. The molecule has 0 spiro atoms. The van der Waals surface area contributed by atoms with E-state index >= 15 is 0 Å². The Labute approximate surface area is 119 Å². The molecule has 1 fully saturated rings. The molecule has 0 saturated carbocycles. The van der Waals surface area contributed by atoms with Gasteiger partial charge in [0.05, 0.1) is 10.6 Å². The summed E-state index contributed by atoms with van der Waals surface area (Å²) in [5.74, 6) is -1.11. The summed E-state index contributed by atoms with van der Waals surface area (Å²) < 4.78 is 1.75. The molecule has 1 atom stereocenters. The van der Waals surface area contributed by atoms with Gasteiger partial charge in [-0.2, -0.15) is 5.10 Å². The predicted molar refractivity (Wildman–Crippen MR) is 75.0 cm³/mol. The predicted octanol–water partition coefficient (Wildman–Crippen LogP) is 1.63. The van der Waals surface area contributed by atoms with E-state index in [9.17, 15) is 9.59 Å². The second-order valence-electron chi connectivity index (χ2n) is 5.03. The summed E-state index contributed by atoms with van der Waals surface area (Å²) >= 11 is 1.37. The number of hydrogen-bond acceptors (Lipinski definition) is 4. The van der Waals surface area contributed by atoms with E-state index in [2.05, 4.69) is 5.10 Å². The number of hydrogen-bond donors (Lipinski definition) is 1. The second-order valence-corrected chi connectivity index (χ2v) is 6.06. The molecule has 1 aliphatic heterocycles. The van der Waals surface area contributed by atoms with Crippen molar-refractivity contribution in [2.24, 2.45) is 7.05 Å². The van der Waals surface area contributed by atoms with E-state index in [0.29, 0.717) is 17.8 Å². The van der Waals surface area contributed by atoms with Gasteiger partial charge in [-0.25, -0.2) is 4.79 Å². The van der Waals surface area contributed by atoms with Gasteiger partial charge in [0, 0.05) is 19.0 Å². The number of amides is 1. The van der Waals surface area contributed by atoms with E-state index in [1.807, 2.05) is 20.0 Å². The molecule has 0 radical (unpaired) electrons. The number of aromatic nitrogens is 2. The molecule has 1 N–H and O–H groups in total. The number of carboxylic acid groups (broad SMARTS) is 1. The quantitative estimate of drug-likeness (QED) is 0.913. The molecule has 6 nitrogen and oxygen atoms in total. The molecule has 0 aliphatic carbocycles. The summed E-state index contributed by atoms with van der Waals surface area (Å²) in [5, 5.41) is 14.4. The summed E-state index contributed by atoms with van der Waals surface area (Å²) in [4.78, 5) is 26.7. The van der Waals surface area contributed by atoms with Crippen LogP contribution in [0.4, 0.5) is 0 Å². The van der Waals surface area contributed by atoms with Crippen molar-refractivity contribution in [2.45, 2.75) is 25.8 Å². The van der Waals surface area contributed by atoms with Gasteiger partial charge in [-0.1, -0.05) is 0 Å². The van der Waals surface area contributed by atoms with Crippen LogP contribution in [0.1, 0.15) is 28.2 Å². The molecular formula is C13H15N3O3S. The Bertz CT molecular complexity index is 669. The molecule has 1 aliphatic rings. The average molecular weight is 293 g/mol. The Morgan fingerprint density at radius 2 is 2.25 bits per heavy atom. The van der Waals surface area contributed by atoms with Gasteiger partial charge in [0.25, 0.3) is 5.91 Å². The van der Waals surface area contributed by atoms with E-state index in [-0.39, 0.29) is 5.91 Å². The third kappa shape index (κ3) is 1.89. The van der Waals surface area contributed by atoms with Crippen molar-refractivity contribution in [1.82, 2.24) is 14.7 Å². The number of fused-ring (bicyclic) bond motifs is 1. The first-order chi connectivity index (χ1) is 9.49. The number of carbonyl (C=O) groups excluding carboxylic acids is 1. The fourth-order valence-corrected chi connectivity index (χ4v) is 3.80. The van der Waals surface area contributed by atoms with Crippen LogP contribution in [0.5, 0.6) is 0 Å². The monoisotopic (exact) mass is 293 g/mol. The fraction of sp³-hybridized carbons (Fsp3) is 0.462. The molecule has 0 aromatic carbocycles. The molecule has 3 rings (SSSR count). The van der Waals surface area contributed by atoms with Gasteiger partial charge in [0.15, 0.2) is 0 Å². The van der Waals surface area contributed by atoms with Gasteiger partial charge in [-0.3, -0.25) is 9.48 Å². The maximum Gasteiger partial charge on any atom is 0.326 e. The summed E-state index contributed by atoms with van der Waals surface area (Å²) in [6, 6.07) is 1.13. The van der Waals surface area contributed by atoms with Crippen LogP contribution in [-0.2, 0) is 11.8 Å². The van der Waals surface area contributed by atoms with E-state index in [1.54, 1.807) is 4.68 Å². The topological polar surface area (TPSA) is 75.4 Å². The van der Waals surface area contributed by atoms with Gasteiger partial charge in [-0.05, 0) is 25.8 Å². The lowest BCUT2D eigenvalue weighted by atomic mass is 10.2. The van der Waals surface area contributed by atoms with E-state index < -0.39 is 12.0 Å². The Hall–Kier alpha value is -1.89. The molecular weight excluding hydrogens is 278 g/mol. The molecule has 106 valence electrons. The smallest absolute Gasteiger partial charge is 0.326 e. The standard InChI is InChI=1S/C13H15N3O3S/c1-7-8-6-10(20-12(8)15(2)14-7)11(17)16-5-3-4-9(16)13(18)19/h6,9H,3-5H2,1-2H3,(H,18,19)/t9-/m1/s1. The fourth-order valence-electron chi connectivity index (χ4n) is 2.72. The third-order valence-electron chi connectivity index (χ3n) is 3.71. The van der Waals surface area contributed by atoms with Crippen molar-refractivity contribution >= 4 is 33.4 Å². The summed E-state index contributed by atoms with van der Waals surface area (Å²) in [6.07, 6.45) is 1.28. The van der Waals surface area contributed by atoms with Crippen molar-refractivity contribution in [3.8, 4) is 0 Å². The second kappa shape index (κ2) is 4.59. The van der Waals surface area contributed by atoms with Gasteiger partial charge < -0.3 is 10.0 Å². The molecule has 2 aromatic rings. The van der Waals surface area contributed by atoms with Gasteiger partial charge in [0.1, 0.15) is 10.9 Å². The molecule has 2 aromatic heterocycles. The van der Waals surface area contributed by atoms with Crippen molar-refractivity contribution < 1.29 is 14.7 Å². The highest BCUT2D eigenvalue weighted by Gasteiger charge is 2.35. The maximum absolute atomic E-state index is 12.5. The SMILES string of the molecule is Cc1nn(C)c2sc(C(=O)N3CCC[C@@H]3C(=O)O)cc12. The molecule has 20 heavy (non-hydrogen) atoms. The largest absolute Gasteiger partial charge is 0.480 e. The van der Waals surface area contributed by atoms with Crippen molar-refractivity contribution in [2.75, 3.05) is 6.54 Å². The van der Waals surface area contributed by atoms with Crippen molar-refractivity contribution in [3.63, 3.8) is 0 Å². The normalized spacial score (nSPS) is 18.9. The first kappa shape index (κ1) is 13.1. The number of aryl methyl sites for hydroxylation is 2. The molecule has 3 heterocycles. The summed E-state index contributed by atoms with van der Waals surface area (Å²) in [5.41, 5.74) is 0.883. The molecule has 0 unspecified atom stereocenters. The highest BCUT2D eigenvalue weighted by Crippen LogP contribution is 2.30. The molecule has 1 saturated heterocycles. The number of carboxylic acids is 1. The van der Waals surface area contributed by atoms with Crippen LogP contribution < -0.4 is 0 Å². The van der Waals surface area contributed by atoms with Gasteiger partial charge in [-0.15, -0.1) is 11.3 Å². The van der Waals surface area contributed by atoms with Crippen LogP contribution in [0.2, 0.25) is 0 Å². The van der Waals surface area contributed by atoms with Gasteiger partial charge >= 0.3 is 5.97 Å². The lowest BCUT2D eigenvalue weighted by molar-refractivity contribution is -0.141. The number of rotatable bonds is 2. The van der Waals surface area contributed by atoms with Crippen LogP contribution in [0.15, 0.2) is 6.07 Å². The average Bonchev–Trinajstić information content (AvgIpc) is 3.08. The Morgan fingerprint density at radius 3 is 2.90 bits per heavy atom. The first-order valence-electron chi connectivity index (χ1n) is 6.46. The maximum atomic E-state index is 12.5. The highest BCUT2D eigenvalue weighted by molar-refractivity contribution is 7.20. The Balaban J connectivity index is 1.96. The van der Waals surface area contributed by atoms with Crippen molar-refractivity contribution in [3.05, 3.63) is 16.6 Å². The Morgan fingerprint density at radius 1 is 1.50 bits per heavy atom. The first-order valence-corrected chi connectivity index (χ1v) is 7.27. The minimum atomic E-state index is -0.921. The van der Waals surface area contributed by atoms with Crippen LogP contribution in [0.25, 0.3) is 10.2 Å². The molecule has 7 heteroatoms. The number of thiophene rings is 1. The zero-order chi connectivity index (χ0) is 14.4. The van der Waals surface area contributed by atoms with E-state index in [4.69, 9.17) is 5.11 Å². The number of aliphatic carboxylic acids is 1. The zero-order valence-corrected chi connectivity index (χ0v) is 12.1. The van der Waals surface area contributed by atoms with Crippen LogP contribution in [-0.4, -0.2) is 44.3 Å². The van der Waals surface area contributed by atoms with Crippen LogP contribution in [0, 0.1) is 6.92 Å². The summed E-state index contributed by atoms with van der Waals surface area (Å²) in [6.45, 7) is 2.42. The minimum absolute atomic E-state index is 0.185. The number of carbonyl (C=O) groups is 2. The Kier molecular flexibility index (Phi) is 3.01. The minimum Gasteiger partial charge on any atom is -0.480 e. The van der Waals surface area contributed by atoms with E-state index in [0.717, 1.165) is 22.3 Å². The van der Waals surface area contributed by atoms with Gasteiger partial charge in [0.2, 0.25) is 0 Å². The lowest BCUT2D eigenvalue weighted by Crippen LogP contribution is -2.40. The number of likely N-dealkylation sites (tertiary alicyclic amines) is 1. The summed E-state index contributed by atoms with van der Waals surface area (Å²) in [7, 11) is 1.84. The number of nitrogens with zero attached hydrogens (tertiary/aromatic N) is 3. The van der Waals surface area contributed by atoms with E-state index in [1.165, 1.54) is 16.2 Å². The van der Waals surface area contributed by atoms with Crippen LogP contribution >= 0.6 is 11.3 Å². The lowest BCUT2D eigenvalue weighted by Gasteiger charge is -2.20.